The van der Waals surface area contributed by atoms with E-state index in [0.717, 1.165) is 16.8 Å². The Morgan fingerprint density at radius 3 is 2.28 bits per heavy atom. The van der Waals surface area contributed by atoms with E-state index in [-0.39, 0.29) is 0 Å². The monoisotopic (exact) mass is 349 g/mol. The zero-order valence-corrected chi connectivity index (χ0v) is 14.6. The molecule has 0 spiro atoms. The van der Waals surface area contributed by atoms with Crippen molar-refractivity contribution in [3.05, 3.63) is 47.5 Å². The highest BCUT2D eigenvalue weighted by molar-refractivity contribution is 5.48. The van der Waals surface area contributed by atoms with Gasteiger partial charge < -0.3 is 25.2 Å². The van der Waals surface area contributed by atoms with Crippen molar-refractivity contribution < 1.29 is 29.7 Å². The molecule has 25 heavy (non-hydrogen) atoms. The van der Waals surface area contributed by atoms with Gasteiger partial charge in [-0.3, -0.25) is 0 Å². The number of rotatable bonds is 3. The van der Waals surface area contributed by atoms with Crippen LogP contribution in [0.25, 0.3) is 5.69 Å². The van der Waals surface area contributed by atoms with Gasteiger partial charge in [-0.2, -0.15) is 0 Å². The van der Waals surface area contributed by atoms with E-state index in [2.05, 4.69) is 12.1 Å². The van der Waals surface area contributed by atoms with Gasteiger partial charge in [0.15, 0.2) is 0 Å². The summed E-state index contributed by atoms with van der Waals surface area (Å²) in [6.07, 6.45) is -0.561. The van der Waals surface area contributed by atoms with Gasteiger partial charge in [0.2, 0.25) is 6.23 Å². The first-order valence-electron chi connectivity index (χ1n) is 8.31. The summed E-state index contributed by atoms with van der Waals surface area (Å²) < 4.78 is 9.13. The van der Waals surface area contributed by atoms with Gasteiger partial charge in [0.1, 0.15) is 42.5 Å². The van der Waals surface area contributed by atoms with E-state index < -0.39 is 37.3 Å². The van der Waals surface area contributed by atoms with Crippen LogP contribution in [-0.4, -0.2) is 56.0 Å². The highest BCUT2D eigenvalue weighted by atomic mass is 16.6. The smallest absolute Gasteiger partial charge is 0.251 e. The Morgan fingerprint density at radius 1 is 1.04 bits per heavy atom. The number of aliphatic hydroxyl groups excluding tert-OH is 4. The fourth-order valence-electron chi connectivity index (χ4n) is 3.56. The van der Waals surface area contributed by atoms with Crippen LogP contribution >= 0.6 is 0 Å². The summed E-state index contributed by atoms with van der Waals surface area (Å²) in [7, 11) is 0. The molecule has 1 aliphatic heterocycles. The van der Waals surface area contributed by atoms with E-state index in [1.165, 1.54) is 5.56 Å². The summed E-state index contributed by atoms with van der Waals surface area (Å²) in [6, 6.07) is 4.20. The number of hydrogen-bond donors (Lipinski definition) is 4. The second-order valence-corrected chi connectivity index (χ2v) is 6.73. The summed E-state index contributed by atoms with van der Waals surface area (Å²) >= 11 is 0. The molecule has 4 N–H and O–H groups in total. The third-order valence-electron chi connectivity index (χ3n) is 4.71. The molecule has 0 saturated carbocycles. The molecule has 0 amide bonds. The normalized spacial score (nSPS) is 29.8. The van der Waals surface area contributed by atoms with Crippen molar-refractivity contribution in [1.29, 1.82) is 0 Å². The van der Waals surface area contributed by atoms with Crippen LogP contribution in [0.15, 0.2) is 30.9 Å². The minimum Gasteiger partial charge on any atom is -0.394 e. The minimum absolute atomic E-state index is 0.446. The highest BCUT2D eigenvalue weighted by Gasteiger charge is 2.46. The van der Waals surface area contributed by atoms with Gasteiger partial charge in [-0.25, -0.2) is 9.13 Å². The van der Waals surface area contributed by atoms with Crippen LogP contribution in [0.2, 0.25) is 0 Å². The SMILES string of the molecule is Cc1cc(C)c(-n2cc[n+](C3OC(CO)C(O)C(O)C3O)c2)c(C)c1. The number of hydrogen-bond acceptors (Lipinski definition) is 5. The Morgan fingerprint density at radius 2 is 1.68 bits per heavy atom. The van der Waals surface area contributed by atoms with Crippen molar-refractivity contribution in [3.8, 4) is 5.69 Å². The summed E-state index contributed by atoms with van der Waals surface area (Å²) in [5, 5.41) is 39.4. The van der Waals surface area contributed by atoms with E-state index in [4.69, 9.17) is 4.74 Å². The van der Waals surface area contributed by atoms with Gasteiger partial charge in [-0.05, 0) is 31.9 Å². The zero-order chi connectivity index (χ0) is 18.3. The first-order chi connectivity index (χ1) is 11.8. The van der Waals surface area contributed by atoms with Crippen molar-refractivity contribution in [3.63, 3.8) is 0 Å². The highest BCUT2D eigenvalue weighted by Crippen LogP contribution is 2.25. The van der Waals surface area contributed by atoms with E-state index in [1.54, 1.807) is 17.1 Å². The lowest BCUT2D eigenvalue weighted by Crippen LogP contribution is -2.62. The molecule has 7 nitrogen and oxygen atoms in total. The van der Waals surface area contributed by atoms with Crippen molar-refractivity contribution in [2.24, 2.45) is 0 Å². The van der Waals surface area contributed by atoms with Crippen LogP contribution in [0.1, 0.15) is 22.9 Å². The Bertz CT molecular complexity index is 735. The summed E-state index contributed by atoms with van der Waals surface area (Å²) in [4.78, 5) is 0. The standard InChI is InChI=1S/C18H25N2O5/c1-10-6-11(2)14(12(3)7-10)19-4-5-20(9-19)18-17(24)16(23)15(22)13(8-21)25-18/h4-7,9,13,15-18,21-24H,8H2,1-3H3/q+1. The molecule has 7 heteroatoms. The maximum absolute atomic E-state index is 10.3. The van der Waals surface area contributed by atoms with E-state index in [9.17, 15) is 20.4 Å². The van der Waals surface area contributed by atoms with Crippen molar-refractivity contribution in [2.45, 2.75) is 51.4 Å². The van der Waals surface area contributed by atoms with Crippen LogP contribution < -0.4 is 4.57 Å². The average molecular weight is 349 g/mol. The van der Waals surface area contributed by atoms with E-state index in [0.29, 0.717) is 0 Å². The lowest BCUT2D eigenvalue weighted by atomic mass is 9.98. The number of imidazole rings is 1. The Balaban J connectivity index is 1.94. The second-order valence-electron chi connectivity index (χ2n) is 6.73. The molecular weight excluding hydrogens is 324 g/mol. The van der Waals surface area contributed by atoms with Gasteiger partial charge in [0.05, 0.1) is 6.61 Å². The predicted octanol–water partition coefficient (Wildman–Crippen LogP) is -0.338. The van der Waals surface area contributed by atoms with Crippen LogP contribution in [0.4, 0.5) is 0 Å². The second kappa shape index (κ2) is 6.86. The molecule has 1 aromatic carbocycles. The van der Waals surface area contributed by atoms with Gasteiger partial charge in [-0.15, -0.1) is 0 Å². The average Bonchev–Trinajstić information content (AvgIpc) is 3.01. The first-order valence-corrected chi connectivity index (χ1v) is 8.31. The molecule has 5 atom stereocenters. The molecule has 5 unspecified atom stereocenters. The third-order valence-corrected chi connectivity index (χ3v) is 4.71. The fourth-order valence-corrected chi connectivity index (χ4v) is 3.56. The molecule has 1 fully saturated rings. The lowest BCUT2D eigenvalue weighted by Gasteiger charge is -2.38. The molecule has 1 saturated heterocycles. The van der Waals surface area contributed by atoms with Gasteiger partial charge in [0, 0.05) is 0 Å². The van der Waals surface area contributed by atoms with Crippen LogP contribution in [0, 0.1) is 20.8 Å². The molecule has 3 rings (SSSR count). The van der Waals surface area contributed by atoms with E-state index >= 15 is 0 Å². The van der Waals surface area contributed by atoms with Crippen LogP contribution in [-0.2, 0) is 4.74 Å². The van der Waals surface area contributed by atoms with Crippen LogP contribution in [0.5, 0.6) is 0 Å². The summed E-state index contributed by atoms with van der Waals surface area (Å²) in [5.74, 6) is 0. The number of nitrogens with zero attached hydrogens (tertiary/aromatic N) is 2. The molecule has 136 valence electrons. The molecule has 0 bridgehead atoms. The van der Waals surface area contributed by atoms with Gasteiger partial charge in [0.25, 0.3) is 6.33 Å². The van der Waals surface area contributed by atoms with Gasteiger partial charge in [-0.1, -0.05) is 17.7 Å². The maximum Gasteiger partial charge on any atom is 0.251 e. The predicted molar refractivity (Wildman–Crippen MR) is 89.2 cm³/mol. The number of aliphatic hydroxyl groups is 4. The molecule has 2 aromatic rings. The van der Waals surface area contributed by atoms with Crippen molar-refractivity contribution >= 4 is 0 Å². The molecule has 0 aliphatic carbocycles. The molecule has 1 aromatic heterocycles. The number of aromatic nitrogens is 2. The Hall–Kier alpha value is -1.77. The molecular formula is C18H25N2O5+. The topological polar surface area (TPSA) is 99.0 Å². The molecule has 0 radical (unpaired) electrons. The van der Waals surface area contributed by atoms with Crippen LogP contribution in [0.3, 0.4) is 0 Å². The maximum atomic E-state index is 10.3. The lowest BCUT2D eigenvalue weighted by molar-refractivity contribution is -0.777. The number of aryl methyl sites for hydroxylation is 3. The molecule has 2 heterocycles. The summed E-state index contributed by atoms with van der Waals surface area (Å²) in [6.45, 7) is 5.67. The Labute approximate surface area is 146 Å². The van der Waals surface area contributed by atoms with Crippen molar-refractivity contribution in [1.82, 2.24) is 4.57 Å². The van der Waals surface area contributed by atoms with Crippen molar-refractivity contribution in [2.75, 3.05) is 6.61 Å². The third kappa shape index (κ3) is 3.21. The van der Waals surface area contributed by atoms with Gasteiger partial charge >= 0.3 is 0 Å². The molecule has 1 aliphatic rings. The number of ether oxygens (including phenoxy) is 1. The number of benzene rings is 1. The zero-order valence-electron chi connectivity index (χ0n) is 14.6. The minimum atomic E-state index is -1.39. The van der Waals surface area contributed by atoms with E-state index in [1.807, 2.05) is 31.5 Å². The first kappa shape index (κ1) is 18.0. The Kier molecular flexibility index (Phi) is 4.95. The summed E-state index contributed by atoms with van der Waals surface area (Å²) in [5.41, 5.74) is 4.46. The fraction of sp³-hybridized carbons (Fsp3) is 0.500. The largest absolute Gasteiger partial charge is 0.394 e. The quantitative estimate of drug-likeness (QED) is 0.569.